The van der Waals surface area contributed by atoms with E-state index in [4.69, 9.17) is 0 Å². The van der Waals surface area contributed by atoms with Gasteiger partial charge in [0.05, 0.1) is 31.1 Å². The van der Waals surface area contributed by atoms with Gasteiger partial charge in [-0.05, 0) is 17.7 Å². The van der Waals surface area contributed by atoms with Gasteiger partial charge in [-0.2, -0.15) is 0 Å². The van der Waals surface area contributed by atoms with Crippen molar-refractivity contribution < 1.29 is 22.4 Å². The SMILES string of the molecule is O=S1(=O)CC[N+]2(CCC(O)(c3ccc(F)cc3)C2)CC1. The van der Waals surface area contributed by atoms with E-state index >= 15 is 0 Å². The number of aliphatic hydroxyl groups is 1. The van der Waals surface area contributed by atoms with Gasteiger partial charge in [-0.1, -0.05) is 12.1 Å². The highest BCUT2D eigenvalue weighted by molar-refractivity contribution is 7.91. The summed E-state index contributed by atoms with van der Waals surface area (Å²) in [6, 6.07) is 5.96. The number of halogens is 1. The second kappa shape index (κ2) is 4.51. The van der Waals surface area contributed by atoms with Crippen molar-refractivity contribution in [2.24, 2.45) is 0 Å². The molecule has 2 heterocycles. The molecule has 2 aliphatic heterocycles. The zero-order chi connectivity index (χ0) is 14.4. The monoisotopic (exact) mass is 300 g/mol. The molecule has 2 aliphatic rings. The van der Waals surface area contributed by atoms with Crippen molar-refractivity contribution in [2.75, 3.05) is 37.7 Å². The van der Waals surface area contributed by atoms with Gasteiger partial charge in [-0.15, -0.1) is 0 Å². The number of rotatable bonds is 1. The van der Waals surface area contributed by atoms with Crippen LogP contribution in [0.1, 0.15) is 12.0 Å². The van der Waals surface area contributed by atoms with Crippen LogP contribution in [-0.4, -0.2) is 55.7 Å². The van der Waals surface area contributed by atoms with Crippen LogP contribution in [0, 0.1) is 5.82 Å². The standard InChI is InChI=1S/C14H19FNO3S/c15-13-3-1-12(2-4-13)14(17)5-6-16(11-14)7-9-20(18,19)10-8-16/h1-4,17H,5-11H2/q+1. The molecule has 1 N–H and O–H groups in total. The van der Waals surface area contributed by atoms with Crippen LogP contribution in [-0.2, 0) is 15.4 Å². The molecule has 1 unspecified atom stereocenters. The molecular formula is C14H19FNO3S+. The van der Waals surface area contributed by atoms with Crippen LogP contribution in [0.2, 0.25) is 0 Å². The van der Waals surface area contributed by atoms with Gasteiger partial charge in [0.2, 0.25) is 0 Å². The van der Waals surface area contributed by atoms with E-state index in [0.29, 0.717) is 30.5 Å². The Kier molecular flexibility index (Phi) is 3.15. The summed E-state index contributed by atoms with van der Waals surface area (Å²) < 4.78 is 36.7. The van der Waals surface area contributed by atoms with E-state index < -0.39 is 15.4 Å². The highest BCUT2D eigenvalue weighted by Gasteiger charge is 2.50. The predicted molar refractivity (Wildman–Crippen MR) is 73.3 cm³/mol. The molecule has 4 nitrogen and oxygen atoms in total. The Morgan fingerprint density at radius 3 is 2.30 bits per heavy atom. The van der Waals surface area contributed by atoms with Crippen molar-refractivity contribution in [1.82, 2.24) is 0 Å². The highest BCUT2D eigenvalue weighted by atomic mass is 32.2. The predicted octanol–water partition coefficient (Wildman–Crippen LogP) is 0.662. The lowest BCUT2D eigenvalue weighted by molar-refractivity contribution is -0.916. The first kappa shape index (κ1) is 14.0. The van der Waals surface area contributed by atoms with Crippen molar-refractivity contribution in [1.29, 1.82) is 0 Å². The summed E-state index contributed by atoms with van der Waals surface area (Å²) in [5.74, 6) is 0.0854. The van der Waals surface area contributed by atoms with E-state index in [1.54, 1.807) is 12.1 Å². The molecule has 0 saturated carbocycles. The molecule has 110 valence electrons. The third-order valence-corrected chi connectivity index (χ3v) is 6.34. The largest absolute Gasteiger partial charge is 0.379 e. The zero-order valence-electron chi connectivity index (χ0n) is 11.3. The maximum absolute atomic E-state index is 13.0. The number of hydrogen-bond acceptors (Lipinski definition) is 3. The molecule has 0 aromatic heterocycles. The number of hydrogen-bond donors (Lipinski definition) is 1. The lowest BCUT2D eigenvalue weighted by atomic mass is 9.93. The van der Waals surface area contributed by atoms with E-state index in [0.717, 1.165) is 12.1 Å². The van der Waals surface area contributed by atoms with Crippen LogP contribution in [0.25, 0.3) is 0 Å². The van der Waals surface area contributed by atoms with Crippen LogP contribution in [0.15, 0.2) is 24.3 Å². The van der Waals surface area contributed by atoms with Gasteiger partial charge in [0, 0.05) is 6.42 Å². The minimum atomic E-state index is -2.90. The van der Waals surface area contributed by atoms with E-state index in [9.17, 15) is 17.9 Å². The van der Waals surface area contributed by atoms with Gasteiger partial charge in [-0.25, -0.2) is 12.8 Å². The first-order chi connectivity index (χ1) is 9.33. The van der Waals surface area contributed by atoms with E-state index in [1.165, 1.54) is 12.1 Å². The molecule has 1 aromatic rings. The van der Waals surface area contributed by atoms with Crippen molar-refractivity contribution in [3.63, 3.8) is 0 Å². The van der Waals surface area contributed by atoms with Gasteiger partial charge in [-0.3, -0.25) is 0 Å². The van der Waals surface area contributed by atoms with E-state index in [1.807, 2.05) is 0 Å². The Morgan fingerprint density at radius 1 is 1.10 bits per heavy atom. The molecule has 6 heteroatoms. The Balaban J connectivity index is 1.80. The van der Waals surface area contributed by atoms with Crippen LogP contribution < -0.4 is 0 Å². The molecule has 0 amide bonds. The second-order valence-corrected chi connectivity index (χ2v) is 8.41. The average Bonchev–Trinajstić information content (AvgIpc) is 2.74. The summed E-state index contributed by atoms with van der Waals surface area (Å²) in [7, 11) is -2.90. The van der Waals surface area contributed by atoms with Gasteiger partial charge in [0.1, 0.15) is 18.0 Å². The maximum Gasteiger partial charge on any atom is 0.161 e. The molecule has 2 fully saturated rings. The van der Waals surface area contributed by atoms with Crippen molar-refractivity contribution in [2.45, 2.75) is 12.0 Å². The fraction of sp³-hybridized carbons (Fsp3) is 0.571. The number of benzene rings is 1. The molecule has 0 aliphatic carbocycles. The van der Waals surface area contributed by atoms with Crippen LogP contribution in [0.4, 0.5) is 4.39 Å². The molecule has 2 saturated heterocycles. The zero-order valence-corrected chi connectivity index (χ0v) is 12.1. The minimum absolute atomic E-state index is 0.201. The molecule has 0 radical (unpaired) electrons. The first-order valence-corrected chi connectivity index (χ1v) is 8.69. The Hall–Kier alpha value is -0.980. The lowest BCUT2D eigenvalue weighted by Gasteiger charge is -2.38. The summed E-state index contributed by atoms with van der Waals surface area (Å²) >= 11 is 0. The minimum Gasteiger partial charge on any atom is -0.379 e. The van der Waals surface area contributed by atoms with Crippen LogP contribution >= 0.6 is 0 Å². The quantitative estimate of drug-likeness (QED) is 0.775. The Labute approximate surface area is 118 Å². The smallest absolute Gasteiger partial charge is 0.161 e. The first-order valence-electron chi connectivity index (χ1n) is 6.87. The van der Waals surface area contributed by atoms with Crippen molar-refractivity contribution >= 4 is 9.84 Å². The third-order valence-electron chi connectivity index (χ3n) is 4.73. The van der Waals surface area contributed by atoms with Crippen molar-refractivity contribution in [3.05, 3.63) is 35.6 Å². The van der Waals surface area contributed by atoms with Gasteiger partial charge in [0.15, 0.2) is 9.84 Å². The summed E-state index contributed by atoms with van der Waals surface area (Å²) in [5.41, 5.74) is -0.239. The summed E-state index contributed by atoms with van der Waals surface area (Å²) in [6.45, 7) is 2.45. The lowest BCUT2D eigenvalue weighted by Crippen LogP contribution is -2.56. The molecule has 3 rings (SSSR count). The third kappa shape index (κ3) is 2.47. The molecule has 1 spiro atoms. The molecule has 0 bridgehead atoms. The number of sulfone groups is 1. The molecule has 1 aromatic carbocycles. The van der Waals surface area contributed by atoms with Crippen LogP contribution in [0.5, 0.6) is 0 Å². The summed E-state index contributed by atoms with van der Waals surface area (Å²) in [6.07, 6.45) is 0.596. The number of quaternary nitrogens is 1. The molecular weight excluding hydrogens is 281 g/mol. The fourth-order valence-electron chi connectivity index (χ4n) is 3.39. The summed E-state index contributed by atoms with van der Waals surface area (Å²) in [5, 5.41) is 10.8. The second-order valence-electron chi connectivity index (χ2n) is 6.11. The normalized spacial score (nSPS) is 31.5. The summed E-state index contributed by atoms with van der Waals surface area (Å²) in [4.78, 5) is 0. The van der Waals surface area contributed by atoms with Gasteiger partial charge >= 0.3 is 0 Å². The van der Waals surface area contributed by atoms with E-state index in [-0.39, 0.29) is 17.3 Å². The Morgan fingerprint density at radius 2 is 1.70 bits per heavy atom. The van der Waals surface area contributed by atoms with Gasteiger partial charge < -0.3 is 9.59 Å². The topological polar surface area (TPSA) is 54.4 Å². The van der Waals surface area contributed by atoms with Crippen molar-refractivity contribution in [3.8, 4) is 0 Å². The fourth-order valence-corrected chi connectivity index (χ4v) is 4.93. The van der Waals surface area contributed by atoms with Gasteiger partial charge in [0.25, 0.3) is 0 Å². The highest BCUT2D eigenvalue weighted by Crippen LogP contribution is 2.37. The van der Waals surface area contributed by atoms with Crippen LogP contribution in [0.3, 0.4) is 0 Å². The number of nitrogens with zero attached hydrogens (tertiary/aromatic N) is 1. The maximum atomic E-state index is 13.0. The van der Waals surface area contributed by atoms with E-state index in [2.05, 4.69) is 0 Å². The average molecular weight is 300 g/mol. The molecule has 20 heavy (non-hydrogen) atoms. The molecule has 1 atom stereocenters. The Bertz CT molecular complexity index is 600.